The van der Waals surface area contributed by atoms with Gasteiger partial charge in [0, 0.05) is 0 Å². The molecule has 0 aliphatic heterocycles. The summed E-state index contributed by atoms with van der Waals surface area (Å²) >= 11 is 6.20. The first-order valence-electron chi connectivity index (χ1n) is 7.63. The second-order valence-electron chi connectivity index (χ2n) is 5.65. The first-order chi connectivity index (χ1) is 10.9. The normalized spacial score (nSPS) is 12.0. The lowest BCUT2D eigenvalue weighted by Crippen LogP contribution is -2.16. The Labute approximate surface area is 141 Å². The molecule has 1 N–H and O–H groups in total. The molecule has 2 aromatic rings. The molecule has 0 saturated carbocycles. The number of carboxylic acid groups (broad SMARTS) is 1. The minimum atomic E-state index is -0.830. The van der Waals surface area contributed by atoms with Gasteiger partial charge in [-0.2, -0.15) is 0 Å². The van der Waals surface area contributed by atoms with Crippen LogP contribution in [0.3, 0.4) is 0 Å². The molecule has 23 heavy (non-hydrogen) atoms. The average Bonchev–Trinajstić information content (AvgIpc) is 2.50. The van der Waals surface area contributed by atoms with Crippen molar-refractivity contribution in [1.82, 2.24) is 0 Å². The number of aryl methyl sites for hydroxylation is 2. The topological polar surface area (TPSA) is 46.5 Å². The van der Waals surface area contributed by atoms with Gasteiger partial charge in [-0.05, 0) is 56.0 Å². The van der Waals surface area contributed by atoms with Gasteiger partial charge in [-0.25, -0.2) is 0 Å². The largest absolute Gasteiger partial charge is 0.492 e. The zero-order valence-corrected chi connectivity index (χ0v) is 14.4. The van der Waals surface area contributed by atoms with E-state index in [4.69, 9.17) is 16.3 Å². The SMILES string of the molecule is CCOc1ccc(CC(C(=O)O)c2cc(C)ccc2C)cc1Cl. The monoisotopic (exact) mass is 332 g/mol. The molecular weight excluding hydrogens is 312 g/mol. The standard InChI is InChI=1S/C19H21ClO3/c1-4-23-18-8-7-14(11-17(18)20)10-16(19(21)22)15-9-12(2)5-6-13(15)3/h5-9,11,16H,4,10H2,1-3H3,(H,21,22). The maximum absolute atomic E-state index is 11.8. The zero-order valence-electron chi connectivity index (χ0n) is 13.6. The average molecular weight is 333 g/mol. The van der Waals surface area contributed by atoms with Gasteiger partial charge in [0.25, 0.3) is 0 Å². The van der Waals surface area contributed by atoms with E-state index in [1.54, 1.807) is 12.1 Å². The third kappa shape index (κ3) is 4.26. The molecule has 1 atom stereocenters. The second kappa shape index (κ2) is 7.51. The molecule has 0 saturated heterocycles. The van der Waals surface area contributed by atoms with Gasteiger partial charge < -0.3 is 9.84 Å². The molecule has 2 aromatic carbocycles. The number of rotatable bonds is 6. The Bertz CT molecular complexity index is 710. The van der Waals surface area contributed by atoms with E-state index >= 15 is 0 Å². The highest BCUT2D eigenvalue weighted by Gasteiger charge is 2.22. The molecule has 0 aromatic heterocycles. The first kappa shape index (κ1) is 17.4. The molecular formula is C19H21ClO3. The van der Waals surface area contributed by atoms with Gasteiger partial charge in [-0.1, -0.05) is 41.4 Å². The minimum absolute atomic E-state index is 0.395. The van der Waals surface area contributed by atoms with E-state index in [0.29, 0.717) is 23.8 Å². The molecule has 0 amide bonds. The van der Waals surface area contributed by atoms with Crippen molar-refractivity contribution in [2.75, 3.05) is 6.61 Å². The van der Waals surface area contributed by atoms with Crippen LogP contribution in [-0.4, -0.2) is 17.7 Å². The fourth-order valence-electron chi connectivity index (χ4n) is 2.65. The lowest BCUT2D eigenvalue weighted by molar-refractivity contribution is -0.138. The van der Waals surface area contributed by atoms with Crippen molar-refractivity contribution in [2.45, 2.75) is 33.1 Å². The third-order valence-corrected chi connectivity index (χ3v) is 4.14. The summed E-state index contributed by atoms with van der Waals surface area (Å²) in [5.41, 5.74) is 3.77. The van der Waals surface area contributed by atoms with Gasteiger partial charge in [0.2, 0.25) is 0 Å². The van der Waals surface area contributed by atoms with Gasteiger partial charge in [0.1, 0.15) is 5.75 Å². The molecule has 0 bridgehead atoms. The van der Waals surface area contributed by atoms with Gasteiger partial charge in [-0.3, -0.25) is 4.79 Å². The number of hydrogen-bond acceptors (Lipinski definition) is 2. The van der Waals surface area contributed by atoms with E-state index in [1.807, 2.05) is 45.0 Å². The predicted molar refractivity (Wildman–Crippen MR) is 92.6 cm³/mol. The van der Waals surface area contributed by atoms with Crippen LogP contribution in [0.2, 0.25) is 5.02 Å². The van der Waals surface area contributed by atoms with E-state index in [2.05, 4.69) is 0 Å². The Kier molecular flexibility index (Phi) is 5.67. The molecule has 1 unspecified atom stereocenters. The molecule has 0 aliphatic rings. The number of benzene rings is 2. The molecule has 0 radical (unpaired) electrons. The number of ether oxygens (including phenoxy) is 1. The summed E-state index contributed by atoms with van der Waals surface area (Å²) in [5.74, 6) is -0.802. The smallest absolute Gasteiger partial charge is 0.311 e. The second-order valence-corrected chi connectivity index (χ2v) is 6.06. The first-order valence-corrected chi connectivity index (χ1v) is 8.01. The van der Waals surface area contributed by atoms with Crippen LogP contribution in [0.1, 0.15) is 35.1 Å². The van der Waals surface area contributed by atoms with Crippen molar-refractivity contribution in [2.24, 2.45) is 0 Å². The number of aliphatic carboxylic acids is 1. The minimum Gasteiger partial charge on any atom is -0.492 e. The highest BCUT2D eigenvalue weighted by molar-refractivity contribution is 6.32. The summed E-state index contributed by atoms with van der Waals surface area (Å²) in [7, 11) is 0. The van der Waals surface area contributed by atoms with E-state index in [-0.39, 0.29) is 0 Å². The predicted octanol–water partition coefficient (Wildman–Crippen LogP) is 4.77. The van der Waals surface area contributed by atoms with E-state index in [1.165, 1.54) is 0 Å². The van der Waals surface area contributed by atoms with Crippen molar-refractivity contribution in [3.8, 4) is 5.75 Å². The van der Waals surface area contributed by atoms with Gasteiger partial charge >= 0.3 is 5.97 Å². The van der Waals surface area contributed by atoms with Crippen molar-refractivity contribution < 1.29 is 14.6 Å². The van der Waals surface area contributed by atoms with E-state index in [0.717, 1.165) is 22.3 Å². The van der Waals surface area contributed by atoms with Crippen LogP contribution in [0, 0.1) is 13.8 Å². The van der Waals surface area contributed by atoms with Crippen molar-refractivity contribution in [3.63, 3.8) is 0 Å². The summed E-state index contributed by atoms with van der Waals surface area (Å²) < 4.78 is 5.42. The number of hydrogen-bond donors (Lipinski definition) is 1. The highest BCUT2D eigenvalue weighted by Crippen LogP contribution is 2.30. The third-order valence-electron chi connectivity index (χ3n) is 3.84. The molecule has 0 fully saturated rings. The van der Waals surface area contributed by atoms with E-state index < -0.39 is 11.9 Å². The lowest BCUT2D eigenvalue weighted by atomic mass is 9.88. The highest BCUT2D eigenvalue weighted by atomic mass is 35.5. The molecule has 0 spiro atoms. The van der Waals surface area contributed by atoms with E-state index in [9.17, 15) is 9.90 Å². The molecule has 122 valence electrons. The zero-order chi connectivity index (χ0) is 17.0. The van der Waals surface area contributed by atoms with Crippen LogP contribution < -0.4 is 4.74 Å². The van der Waals surface area contributed by atoms with Gasteiger partial charge in [0.05, 0.1) is 17.5 Å². The Morgan fingerprint density at radius 1 is 1.22 bits per heavy atom. The van der Waals surface area contributed by atoms with Crippen molar-refractivity contribution >= 4 is 17.6 Å². The molecule has 3 nitrogen and oxygen atoms in total. The van der Waals surface area contributed by atoms with Crippen LogP contribution in [-0.2, 0) is 11.2 Å². The summed E-state index contributed by atoms with van der Waals surface area (Å²) in [6, 6.07) is 11.4. The Hall–Kier alpha value is -2.00. The quantitative estimate of drug-likeness (QED) is 0.829. The summed E-state index contributed by atoms with van der Waals surface area (Å²) in [4.78, 5) is 11.8. The Morgan fingerprint density at radius 2 is 1.96 bits per heavy atom. The summed E-state index contributed by atoms with van der Waals surface area (Å²) in [6.45, 7) is 6.34. The number of halogens is 1. The van der Waals surface area contributed by atoms with Crippen LogP contribution in [0.25, 0.3) is 0 Å². The Morgan fingerprint density at radius 3 is 2.57 bits per heavy atom. The van der Waals surface area contributed by atoms with Gasteiger partial charge in [-0.15, -0.1) is 0 Å². The summed E-state index contributed by atoms with van der Waals surface area (Å²) in [5, 5.41) is 10.2. The van der Waals surface area contributed by atoms with Crippen molar-refractivity contribution in [1.29, 1.82) is 0 Å². The fraction of sp³-hybridized carbons (Fsp3) is 0.316. The lowest BCUT2D eigenvalue weighted by Gasteiger charge is -2.17. The van der Waals surface area contributed by atoms with Gasteiger partial charge in [0.15, 0.2) is 0 Å². The molecule has 0 aliphatic carbocycles. The van der Waals surface area contributed by atoms with Crippen LogP contribution >= 0.6 is 11.6 Å². The number of carboxylic acids is 1. The van der Waals surface area contributed by atoms with Crippen molar-refractivity contribution in [3.05, 3.63) is 63.7 Å². The molecule has 2 rings (SSSR count). The maximum atomic E-state index is 11.8. The Balaban J connectivity index is 2.32. The number of carbonyl (C=O) groups is 1. The van der Waals surface area contributed by atoms with Crippen LogP contribution in [0.4, 0.5) is 0 Å². The van der Waals surface area contributed by atoms with Crippen LogP contribution in [0.15, 0.2) is 36.4 Å². The maximum Gasteiger partial charge on any atom is 0.311 e. The molecule has 0 heterocycles. The van der Waals surface area contributed by atoms with Crippen LogP contribution in [0.5, 0.6) is 5.75 Å². The molecule has 4 heteroatoms. The summed E-state index contributed by atoms with van der Waals surface area (Å²) in [6.07, 6.45) is 0.395. The fourth-order valence-corrected chi connectivity index (χ4v) is 2.90.